The van der Waals surface area contributed by atoms with Gasteiger partial charge in [-0.25, -0.2) is 9.48 Å². The molecule has 1 saturated heterocycles. The molecule has 2 fully saturated rings. The lowest BCUT2D eigenvalue weighted by Crippen LogP contribution is -2.32. The Morgan fingerprint density at radius 2 is 2.00 bits per heavy atom. The van der Waals surface area contributed by atoms with Crippen LogP contribution in [0.25, 0.3) is 0 Å². The van der Waals surface area contributed by atoms with Crippen molar-refractivity contribution in [1.29, 1.82) is 0 Å². The maximum Gasteiger partial charge on any atom is 0.345 e. The first kappa shape index (κ1) is 12.0. The Morgan fingerprint density at radius 1 is 1.22 bits per heavy atom. The molecule has 0 aromatic carbocycles. The molecule has 100 valence electrons. The van der Waals surface area contributed by atoms with Crippen LogP contribution in [0.3, 0.4) is 0 Å². The van der Waals surface area contributed by atoms with E-state index >= 15 is 0 Å². The average molecular weight is 250 g/mol. The van der Waals surface area contributed by atoms with Crippen molar-refractivity contribution in [2.24, 2.45) is 7.05 Å². The molecule has 0 unspecified atom stereocenters. The standard InChI is InChI=1S/C13H22N4O/c1-16-13(18)17(11-6-2-3-7-11)12(15-16)10-5-4-8-14-9-10/h10-11,14H,2-9H2,1H3/t10-/m0/s1. The van der Waals surface area contributed by atoms with Crippen LogP contribution in [0.1, 0.15) is 56.3 Å². The zero-order chi connectivity index (χ0) is 12.5. The third-order valence-electron chi connectivity index (χ3n) is 4.33. The van der Waals surface area contributed by atoms with Crippen LogP contribution in [-0.4, -0.2) is 27.4 Å². The van der Waals surface area contributed by atoms with E-state index in [2.05, 4.69) is 10.4 Å². The van der Waals surface area contributed by atoms with E-state index in [1.165, 1.54) is 23.9 Å². The number of nitrogens with one attached hydrogen (secondary N) is 1. The number of piperidine rings is 1. The molecule has 2 heterocycles. The number of hydrogen-bond donors (Lipinski definition) is 1. The van der Waals surface area contributed by atoms with Crippen LogP contribution in [0.2, 0.25) is 0 Å². The number of rotatable bonds is 2. The van der Waals surface area contributed by atoms with Crippen molar-refractivity contribution >= 4 is 0 Å². The summed E-state index contributed by atoms with van der Waals surface area (Å²) < 4.78 is 3.51. The van der Waals surface area contributed by atoms with E-state index in [0.29, 0.717) is 12.0 Å². The van der Waals surface area contributed by atoms with Crippen molar-refractivity contribution in [1.82, 2.24) is 19.7 Å². The summed E-state index contributed by atoms with van der Waals surface area (Å²) in [5.41, 5.74) is 0.0717. The van der Waals surface area contributed by atoms with Crippen molar-refractivity contribution in [3.8, 4) is 0 Å². The monoisotopic (exact) mass is 250 g/mol. The summed E-state index contributed by atoms with van der Waals surface area (Å²) in [4.78, 5) is 12.3. The van der Waals surface area contributed by atoms with Crippen LogP contribution >= 0.6 is 0 Å². The fraction of sp³-hybridized carbons (Fsp3) is 0.846. The molecule has 1 aromatic rings. The number of aryl methyl sites for hydroxylation is 1. The Labute approximate surface area is 107 Å². The topological polar surface area (TPSA) is 51.9 Å². The summed E-state index contributed by atoms with van der Waals surface area (Å²) in [6, 6.07) is 0.392. The molecule has 5 nitrogen and oxygen atoms in total. The summed E-state index contributed by atoms with van der Waals surface area (Å²) in [5, 5.41) is 7.92. The third-order valence-corrected chi connectivity index (χ3v) is 4.33. The molecule has 2 aliphatic rings. The Kier molecular flexibility index (Phi) is 3.24. The van der Waals surface area contributed by atoms with Gasteiger partial charge in [-0.3, -0.25) is 4.57 Å². The van der Waals surface area contributed by atoms with Gasteiger partial charge in [0.25, 0.3) is 0 Å². The molecule has 0 amide bonds. The molecule has 1 N–H and O–H groups in total. The maximum atomic E-state index is 12.3. The first-order valence-corrected chi connectivity index (χ1v) is 7.13. The molecule has 18 heavy (non-hydrogen) atoms. The molecule has 1 aliphatic heterocycles. The number of nitrogens with zero attached hydrogens (tertiary/aromatic N) is 3. The quantitative estimate of drug-likeness (QED) is 0.857. The van der Waals surface area contributed by atoms with E-state index < -0.39 is 0 Å². The minimum absolute atomic E-state index is 0.0717. The van der Waals surface area contributed by atoms with Crippen molar-refractivity contribution in [2.45, 2.75) is 50.5 Å². The molecule has 1 aromatic heterocycles. The van der Waals surface area contributed by atoms with E-state index in [1.807, 2.05) is 4.57 Å². The lowest BCUT2D eigenvalue weighted by molar-refractivity contribution is 0.405. The molecule has 0 spiro atoms. The Morgan fingerprint density at radius 3 is 2.67 bits per heavy atom. The first-order chi connectivity index (χ1) is 8.77. The van der Waals surface area contributed by atoms with Crippen molar-refractivity contribution in [2.75, 3.05) is 13.1 Å². The average Bonchev–Trinajstić information content (AvgIpc) is 3.00. The van der Waals surface area contributed by atoms with Crippen LogP contribution in [-0.2, 0) is 7.05 Å². The van der Waals surface area contributed by atoms with E-state index in [1.54, 1.807) is 7.05 Å². The molecule has 1 atom stereocenters. The summed E-state index contributed by atoms with van der Waals surface area (Å²) in [6.07, 6.45) is 7.09. The second-order valence-electron chi connectivity index (χ2n) is 5.62. The molecular weight excluding hydrogens is 228 g/mol. The largest absolute Gasteiger partial charge is 0.345 e. The zero-order valence-electron chi connectivity index (χ0n) is 11.1. The highest BCUT2D eigenvalue weighted by atomic mass is 16.2. The summed E-state index contributed by atoms with van der Waals surface area (Å²) >= 11 is 0. The van der Waals surface area contributed by atoms with Gasteiger partial charge >= 0.3 is 5.69 Å². The van der Waals surface area contributed by atoms with Crippen molar-refractivity contribution < 1.29 is 0 Å². The van der Waals surface area contributed by atoms with Gasteiger partial charge in [0.2, 0.25) is 0 Å². The maximum absolute atomic E-state index is 12.3. The van der Waals surface area contributed by atoms with Gasteiger partial charge < -0.3 is 5.32 Å². The van der Waals surface area contributed by atoms with Gasteiger partial charge in [0.15, 0.2) is 0 Å². The zero-order valence-corrected chi connectivity index (χ0v) is 11.1. The van der Waals surface area contributed by atoms with Gasteiger partial charge in [-0.15, -0.1) is 0 Å². The van der Waals surface area contributed by atoms with Gasteiger partial charge in [-0.1, -0.05) is 12.8 Å². The summed E-state index contributed by atoms with van der Waals surface area (Å²) in [5.74, 6) is 1.43. The normalized spacial score (nSPS) is 25.7. The highest BCUT2D eigenvalue weighted by Crippen LogP contribution is 2.31. The second-order valence-corrected chi connectivity index (χ2v) is 5.62. The minimum Gasteiger partial charge on any atom is -0.316 e. The Hall–Kier alpha value is -1.10. The second kappa shape index (κ2) is 4.88. The molecule has 3 rings (SSSR count). The highest BCUT2D eigenvalue weighted by molar-refractivity contribution is 5.02. The minimum atomic E-state index is 0.0717. The molecule has 0 bridgehead atoms. The van der Waals surface area contributed by atoms with E-state index in [0.717, 1.165) is 38.2 Å². The van der Waals surface area contributed by atoms with Crippen LogP contribution in [0.15, 0.2) is 4.79 Å². The van der Waals surface area contributed by atoms with Crippen LogP contribution < -0.4 is 11.0 Å². The first-order valence-electron chi connectivity index (χ1n) is 7.13. The van der Waals surface area contributed by atoms with Crippen LogP contribution in [0.5, 0.6) is 0 Å². The van der Waals surface area contributed by atoms with E-state index in [4.69, 9.17) is 0 Å². The van der Waals surface area contributed by atoms with Crippen LogP contribution in [0, 0.1) is 0 Å². The summed E-state index contributed by atoms with van der Waals surface area (Å²) in [6.45, 7) is 2.06. The van der Waals surface area contributed by atoms with Gasteiger partial charge in [-0.05, 0) is 32.2 Å². The Balaban J connectivity index is 1.97. The van der Waals surface area contributed by atoms with Crippen LogP contribution in [0.4, 0.5) is 0 Å². The van der Waals surface area contributed by atoms with Gasteiger partial charge in [0, 0.05) is 25.6 Å². The van der Waals surface area contributed by atoms with Gasteiger partial charge in [0.05, 0.1) is 0 Å². The van der Waals surface area contributed by atoms with Crippen molar-refractivity contribution in [3.05, 3.63) is 16.3 Å². The number of hydrogen-bond acceptors (Lipinski definition) is 3. The molecule has 5 heteroatoms. The molecule has 1 aliphatic carbocycles. The fourth-order valence-corrected chi connectivity index (χ4v) is 3.35. The lowest BCUT2D eigenvalue weighted by atomic mass is 9.98. The van der Waals surface area contributed by atoms with E-state index in [-0.39, 0.29) is 5.69 Å². The highest BCUT2D eigenvalue weighted by Gasteiger charge is 2.28. The van der Waals surface area contributed by atoms with E-state index in [9.17, 15) is 4.79 Å². The van der Waals surface area contributed by atoms with Gasteiger partial charge in [-0.2, -0.15) is 5.10 Å². The van der Waals surface area contributed by atoms with Gasteiger partial charge in [0.1, 0.15) is 5.82 Å². The predicted octanol–water partition coefficient (Wildman–Crippen LogP) is 1.16. The lowest BCUT2D eigenvalue weighted by Gasteiger charge is -2.24. The summed E-state index contributed by atoms with van der Waals surface area (Å²) in [7, 11) is 1.77. The molecule has 0 radical (unpaired) electrons. The fourth-order valence-electron chi connectivity index (χ4n) is 3.35. The Bertz CT molecular complexity index is 464. The number of aromatic nitrogens is 3. The predicted molar refractivity (Wildman–Crippen MR) is 69.8 cm³/mol. The molecular formula is C13H22N4O. The van der Waals surface area contributed by atoms with Crippen molar-refractivity contribution in [3.63, 3.8) is 0 Å². The smallest absolute Gasteiger partial charge is 0.316 e. The SMILES string of the molecule is Cn1nc([C@H]2CCCNC2)n(C2CCCC2)c1=O. The molecule has 1 saturated carbocycles. The third kappa shape index (κ3) is 2.00.